The first-order valence-electron chi connectivity index (χ1n) is 4.31. The lowest BCUT2D eigenvalue weighted by Gasteiger charge is -2.20. The molecule has 0 nitrogen and oxygen atoms in total. The molecular formula is C9H19I. The van der Waals surface area contributed by atoms with Crippen molar-refractivity contribution in [1.29, 1.82) is 0 Å². The minimum absolute atomic E-state index is 0.572. The Labute approximate surface area is 78.9 Å². The maximum Gasteiger partial charge on any atom is 0.0194 e. The Kier molecular flexibility index (Phi) is 5.78. The van der Waals surface area contributed by atoms with Gasteiger partial charge in [0.1, 0.15) is 0 Å². The number of halogens is 1. The second-order valence-electron chi connectivity index (χ2n) is 3.27. The summed E-state index contributed by atoms with van der Waals surface area (Å²) >= 11 is 2.60. The first kappa shape index (κ1) is 10.7. The van der Waals surface area contributed by atoms with Crippen LogP contribution < -0.4 is 0 Å². The summed E-state index contributed by atoms with van der Waals surface area (Å²) in [5, 5.41) is 0. The Morgan fingerprint density at radius 2 is 1.70 bits per heavy atom. The number of rotatable bonds is 5. The maximum absolute atomic E-state index is 2.60. The summed E-state index contributed by atoms with van der Waals surface area (Å²) in [6.07, 6.45) is 6.80. The van der Waals surface area contributed by atoms with Crippen LogP contribution in [0.15, 0.2) is 0 Å². The molecule has 0 radical (unpaired) electrons. The Bertz CT molecular complexity index is 76.8. The van der Waals surface area contributed by atoms with Crippen LogP contribution in [0, 0.1) is 0 Å². The average Bonchev–Trinajstić information content (AvgIpc) is 1.84. The van der Waals surface area contributed by atoms with Crippen LogP contribution in [0.25, 0.3) is 0 Å². The van der Waals surface area contributed by atoms with E-state index in [2.05, 4.69) is 43.4 Å². The van der Waals surface area contributed by atoms with Gasteiger partial charge in [0.05, 0.1) is 0 Å². The standard InChI is InChI=1S/C9H19I/c1-4-6-8-9(3,10)7-5-2/h4-8H2,1-3H3. The molecule has 1 atom stereocenters. The first-order chi connectivity index (χ1) is 4.62. The van der Waals surface area contributed by atoms with Gasteiger partial charge in [-0.1, -0.05) is 62.6 Å². The second kappa shape index (κ2) is 5.39. The highest BCUT2D eigenvalue weighted by Crippen LogP contribution is 2.29. The zero-order valence-corrected chi connectivity index (χ0v) is 9.57. The molecule has 0 saturated heterocycles. The van der Waals surface area contributed by atoms with Gasteiger partial charge in [-0.15, -0.1) is 0 Å². The second-order valence-corrected chi connectivity index (χ2v) is 5.87. The van der Waals surface area contributed by atoms with Crippen LogP contribution in [0.4, 0.5) is 0 Å². The first-order valence-corrected chi connectivity index (χ1v) is 5.39. The normalized spacial score (nSPS) is 16.8. The van der Waals surface area contributed by atoms with E-state index < -0.39 is 0 Å². The maximum atomic E-state index is 2.60. The van der Waals surface area contributed by atoms with Gasteiger partial charge < -0.3 is 0 Å². The molecule has 10 heavy (non-hydrogen) atoms. The van der Waals surface area contributed by atoms with E-state index >= 15 is 0 Å². The fourth-order valence-electron chi connectivity index (χ4n) is 1.19. The summed E-state index contributed by atoms with van der Waals surface area (Å²) in [7, 11) is 0. The van der Waals surface area contributed by atoms with Crippen molar-refractivity contribution in [2.24, 2.45) is 0 Å². The van der Waals surface area contributed by atoms with Gasteiger partial charge >= 0.3 is 0 Å². The van der Waals surface area contributed by atoms with Gasteiger partial charge in [0, 0.05) is 3.42 Å². The van der Waals surface area contributed by atoms with Crippen LogP contribution in [-0.4, -0.2) is 3.42 Å². The third-order valence-electron chi connectivity index (χ3n) is 1.82. The summed E-state index contributed by atoms with van der Waals surface area (Å²) < 4.78 is 0.572. The molecule has 0 rings (SSSR count). The number of alkyl halides is 1. The Hall–Kier alpha value is 0.730. The van der Waals surface area contributed by atoms with Crippen molar-refractivity contribution >= 4 is 22.6 Å². The van der Waals surface area contributed by atoms with E-state index in [-0.39, 0.29) is 0 Å². The predicted molar refractivity (Wildman–Crippen MR) is 56.9 cm³/mol. The van der Waals surface area contributed by atoms with Crippen molar-refractivity contribution in [3.8, 4) is 0 Å². The van der Waals surface area contributed by atoms with Crippen molar-refractivity contribution in [2.45, 2.75) is 56.3 Å². The summed E-state index contributed by atoms with van der Waals surface area (Å²) in [4.78, 5) is 0. The number of hydrogen-bond donors (Lipinski definition) is 0. The van der Waals surface area contributed by atoms with E-state index in [1.165, 1.54) is 32.1 Å². The molecule has 0 aromatic carbocycles. The van der Waals surface area contributed by atoms with E-state index in [9.17, 15) is 0 Å². The molecule has 0 fully saturated rings. The van der Waals surface area contributed by atoms with E-state index in [4.69, 9.17) is 0 Å². The number of hydrogen-bond acceptors (Lipinski definition) is 0. The van der Waals surface area contributed by atoms with Crippen LogP contribution in [0.3, 0.4) is 0 Å². The SMILES string of the molecule is CCCCC(C)(I)CCC. The van der Waals surface area contributed by atoms with E-state index in [0.29, 0.717) is 3.42 Å². The van der Waals surface area contributed by atoms with Gasteiger partial charge in [-0.2, -0.15) is 0 Å². The highest BCUT2D eigenvalue weighted by atomic mass is 127. The molecule has 0 amide bonds. The summed E-state index contributed by atoms with van der Waals surface area (Å²) in [5.74, 6) is 0. The van der Waals surface area contributed by atoms with Gasteiger partial charge in [0.25, 0.3) is 0 Å². The fourth-order valence-corrected chi connectivity index (χ4v) is 2.11. The minimum Gasteiger partial charge on any atom is -0.0792 e. The molecule has 62 valence electrons. The van der Waals surface area contributed by atoms with Crippen molar-refractivity contribution in [2.75, 3.05) is 0 Å². The molecule has 0 aliphatic rings. The molecule has 0 aromatic heterocycles. The van der Waals surface area contributed by atoms with Crippen LogP contribution >= 0.6 is 22.6 Å². The average molecular weight is 254 g/mol. The quantitative estimate of drug-likeness (QED) is 0.510. The molecule has 0 N–H and O–H groups in total. The van der Waals surface area contributed by atoms with Crippen LogP contribution in [-0.2, 0) is 0 Å². The fraction of sp³-hybridized carbons (Fsp3) is 1.00. The zero-order chi connectivity index (χ0) is 8.04. The monoisotopic (exact) mass is 254 g/mol. The Morgan fingerprint density at radius 1 is 1.10 bits per heavy atom. The molecule has 0 spiro atoms. The van der Waals surface area contributed by atoms with E-state index in [1.54, 1.807) is 0 Å². The predicted octanol–water partition coefficient (Wildman–Crippen LogP) is 4.17. The smallest absolute Gasteiger partial charge is 0.0194 e. The zero-order valence-electron chi connectivity index (χ0n) is 7.41. The van der Waals surface area contributed by atoms with E-state index in [1.807, 2.05) is 0 Å². The van der Waals surface area contributed by atoms with Crippen molar-refractivity contribution in [3.05, 3.63) is 0 Å². The molecule has 1 unspecified atom stereocenters. The van der Waals surface area contributed by atoms with Gasteiger partial charge in [-0.25, -0.2) is 0 Å². The highest BCUT2D eigenvalue weighted by molar-refractivity contribution is 14.1. The lowest BCUT2D eigenvalue weighted by Crippen LogP contribution is -2.14. The molecule has 0 aliphatic heterocycles. The lowest BCUT2D eigenvalue weighted by molar-refractivity contribution is 0.534. The van der Waals surface area contributed by atoms with Gasteiger partial charge in [-0.3, -0.25) is 0 Å². The largest absolute Gasteiger partial charge is 0.0792 e. The van der Waals surface area contributed by atoms with Crippen LogP contribution in [0.5, 0.6) is 0 Å². The highest BCUT2D eigenvalue weighted by Gasteiger charge is 2.16. The van der Waals surface area contributed by atoms with Gasteiger partial charge in [-0.05, 0) is 12.8 Å². The topological polar surface area (TPSA) is 0 Å². The minimum atomic E-state index is 0.572. The van der Waals surface area contributed by atoms with Crippen LogP contribution in [0.2, 0.25) is 0 Å². The molecule has 0 aliphatic carbocycles. The third-order valence-corrected chi connectivity index (χ3v) is 2.90. The Morgan fingerprint density at radius 3 is 2.10 bits per heavy atom. The van der Waals surface area contributed by atoms with E-state index in [0.717, 1.165) is 0 Å². The van der Waals surface area contributed by atoms with Crippen molar-refractivity contribution in [3.63, 3.8) is 0 Å². The Balaban J connectivity index is 3.42. The molecule has 1 heteroatoms. The summed E-state index contributed by atoms with van der Waals surface area (Å²) in [6.45, 7) is 6.90. The van der Waals surface area contributed by atoms with Gasteiger partial charge in [0.2, 0.25) is 0 Å². The van der Waals surface area contributed by atoms with Crippen molar-refractivity contribution < 1.29 is 0 Å². The van der Waals surface area contributed by atoms with Crippen LogP contribution in [0.1, 0.15) is 52.9 Å². The number of unbranched alkanes of at least 4 members (excludes halogenated alkanes) is 1. The molecule has 0 aromatic rings. The third kappa shape index (κ3) is 5.51. The molecular weight excluding hydrogens is 235 g/mol. The summed E-state index contributed by atoms with van der Waals surface area (Å²) in [6, 6.07) is 0. The molecule has 0 saturated carbocycles. The van der Waals surface area contributed by atoms with Crippen molar-refractivity contribution in [1.82, 2.24) is 0 Å². The molecule has 0 bridgehead atoms. The summed E-state index contributed by atoms with van der Waals surface area (Å²) in [5.41, 5.74) is 0. The van der Waals surface area contributed by atoms with Gasteiger partial charge in [0.15, 0.2) is 0 Å². The lowest BCUT2D eigenvalue weighted by atomic mass is 9.99. The molecule has 0 heterocycles.